The minimum atomic E-state index is -4.44. The first-order valence-electron chi connectivity index (χ1n) is 8.14. The van der Waals surface area contributed by atoms with E-state index in [1.807, 2.05) is 24.3 Å². The Balaban J connectivity index is 1.74. The Morgan fingerprint density at radius 1 is 0.963 bits per heavy atom. The number of ether oxygens (including phenoxy) is 1. The Hall–Kier alpha value is -3.03. The lowest BCUT2D eigenvalue weighted by molar-refractivity contribution is -0.137. The predicted octanol–water partition coefficient (Wildman–Crippen LogP) is 3.40. The van der Waals surface area contributed by atoms with Gasteiger partial charge in [0.05, 0.1) is 12.7 Å². The van der Waals surface area contributed by atoms with Crippen LogP contribution in [0.4, 0.5) is 18.9 Å². The number of hydrogen-bond donors (Lipinski definition) is 2. The van der Waals surface area contributed by atoms with Crippen LogP contribution in [0, 0.1) is 0 Å². The minimum Gasteiger partial charge on any atom is -0.497 e. The summed E-state index contributed by atoms with van der Waals surface area (Å²) in [5.41, 5.74) is 0.390. The van der Waals surface area contributed by atoms with Crippen LogP contribution < -0.4 is 15.4 Å². The van der Waals surface area contributed by atoms with Crippen LogP contribution in [0.15, 0.2) is 48.5 Å². The number of nitrogens with one attached hydrogen (secondary N) is 2. The normalized spacial score (nSPS) is 11.0. The molecule has 0 saturated carbocycles. The summed E-state index contributed by atoms with van der Waals surface area (Å²) in [5, 5.41) is 5.02. The summed E-state index contributed by atoms with van der Waals surface area (Å²) in [5.74, 6) is -0.327. The molecule has 2 N–H and O–H groups in total. The SMILES string of the molecule is COc1ccc(CCNC(=O)CC(=O)Nc2ccc(C(F)(F)F)cc2)cc1. The number of methoxy groups -OCH3 is 1. The second-order valence-electron chi connectivity index (χ2n) is 5.75. The number of halogens is 3. The van der Waals surface area contributed by atoms with Gasteiger partial charge >= 0.3 is 6.18 Å². The number of rotatable bonds is 7. The van der Waals surface area contributed by atoms with Crippen molar-refractivity contribution in [2.24, 2.45) is 0 Å². The molecule has 2 aromatic carbocycles. The zero-order valence-corrected chi connectivity index (χ0v) is 14.6. The van der Waals surface area contributed by atoms with Crippen molar-refractivity contribution in [2.75, 3.05) is 19.0 Å². The van der Waals surface area contributed by atoms with Gasteiger partial charge < -0.3 is 15.4 Å². The largest absolute Gasteiger partial charge is 0.497 e. The number of carbonyl (C=O) groups excluding carboxylic acids is 2. The number of hydrogen-bond acceptors (Lipinski definition) is 3. The van der Waals surface area contributed by atoms with Crippen molar-refractivity contribution in [3.63, 3.8) is 0 Å². The molecule has 0 aliphatic rings. The van der Waals surface area contributed by atoms with Gasteiger partial charge in [0, 0.05) is 12.2 Å². The molecule has 0 spiro atoms. The van der Waals surface area contributed by atoms with Gasteiger partial charge in [0.15, 0.2) is 0 Å². The highest BCUT2D eigenvalue weighted by Gasteiger charge is 2.30. The minimum absolute atomic E-state index is 0.194. The van der Waals surface area contributed by atoms with E-state index in [2.05, 4.69) is 10.6 Å². The Kier molecular flexibility index (Phi) is 6.81. The van der Waals surface area contributed by atoms with Crippen molar-refractivity contribution in [1.29, 1.82) is 0 Å². The highest BCUT2D eigenvalue weighted by Crippen LogP contribution is 2.29. The van der Waals surface area contributed by atoms with Gasteiger partial charge in [-0.05, 0) is 48.4 Å². The second kappa shape index (κ2) is 9.07. The van der Waals surface area contributed by atoms with Crippen LogP contribution >= 0.6 is 0 Å². The molecule has 0 aliphatic heterocycles. The van der Waals surface area contributed by atoms with Crippen molar-refractivity contribution < 1.29 is 27.5 Å². The maximum atomic E-state index is 12.5. The molecule has 144 valence electrons. The third-order valence-electron chi connectivity index (χ3n) is 3.71. The summed E-state index contributed by atoms with van der Waals surface area (Å²) in [6, 6.07) is 11.4. The van der Waals surface area contributed by atoms with Crippen LogP contribution in [0.25, 0.3) is 0 Å². The van der Waals surface area contributed by atoms with Crippen LogP contribution in [-0.2, 0) is 22.2 Å². The lowest BCUT2D eigenvalue weighted by atomic mass is 10.1. The smallest absolute Gasteiger partial charge is 0.416 e. The third kappa shape index (κ3) is 6.65. The average Bonchev–Trinajstić information content (AvgIpc) is 2.62. The molecule has 0 saturated heterocycles. The highest BCUT2D eigenvalue weighted by atomic mass is 19.4. The van der Waals surface area contributed by atoms with Crippen molar-refractivity contribution in [3.05, 3.63) is 59.7 Å². The standard InChI is InChI=1S/C19H19F3N2O3/c1-27-16-8-2-13(3-9-16)10-11-23-17(25)12-18(26)24-15-6-4-14(5-7-15)19(20,21)22/h2-9H,10-12H2,1H3,(H,23,25)(H,24,26). The summed E-state index contributed by atoms with van der Waals surface area (Å²) < 4.78 is 42.5. The number of alkyl halides is 3. The molecular formula is C19H19F3N2O3. The first-order valence-corrected chi connectivity index (χ1v) is 8.14. The van der Waals surface area contributed by atoms with Gasteiger partial charge in [0.25, 0.3) is 0 Å². The molecule has 0 aromatic heterocycles. The molecule has 2 rings (SSSR count). The first kappa shape index (κ1) is 20.3. The van der Waals surface area contributed by atoms with Crippen molar-refractivity contribution >= 4 is 17.5 Å². The summed E-state index contributed by atoms with van der Waals surface area (Å²) in [7, 11) is 1.57. The summed E-state index contributed by atoms with van der Waals surface area (Å²) in [6.07, 6.45) is -4.26. The van der Waals surface area contributed by atoms with E-state index < -0.39 is 30.0 Å². The van der Waals surface area contributed by atoms with E-state index in [1.165, 1.54) is 0 Å². The molecule has 0 fully saturated rings. The van der Waals surface area contributed by atoms with Gasteiger partial charge in [-0.3, -0.25) is 9.59 Å². The van der Waals surface area contributed by atoms with Crippen LogP contribution in [-0.4, -0.2) is 25.5 Å². The van der Waals surface area contributed by atoms with Crippen LogP contribution in [0.2, 0.25) is 0 Å². The number of anilines is 1. The van der Waals surface area contributed by atoms with E-state index >= 15 is 0 Å². The molecule has 0 heterocycles. The molecule has 5 nitrogen and oxygen atoms in total. The van der Waals surface area contributed by atoms with Gasteiger partial charge in [-0.25, -0.2) is 0 Å². The maximum Gasteiger partial charge on any atom is 0.416 e. The van der Waals surface area contributed by atoms with E-state index in [9.17, 15) is 22.8 Å². The van der Waals surface area contributed by atoms with Gasteiger partial charge in [-0.15, -0.1) is 0 Å². The Labute approximate surface area is 154 Å². The Bertz CT molecular complexity index is 772. The molecule has 2 aromatic rings. The number of carbonyl (C=O) groups is 2. The summed E-state index contributed by atoms with van der Waals surface area (Å²) >= 11 is 0. The van der Waals surface area contributed by atoms with E-state index in [1.54, 1.807) is 7.11 Å². The van der Waals surface area contributed by atoms with E-state index in [0.29, 0.717) is 13.0 Å². The molecule has 0 bridgehead atoms. The number of amides is 2. The average molecular weight is 380 g/mol. The fraction of sp³-hybridized carbons (Fsp3) is 0.263. The highest BCUT2D eigenvalue weighted by molar-refractivity contribution is 6.03. The Morgan fingerprint density at radius 2 is 1.59 bits per heavy atom. The first-order chi connectivity index (χ1) is 12.8. The maximum absolute atomic E-state index is 12.5. The third-order valence-corrected chi connectivity index (χ3v) is 3.71. The van der Waals surface area contributed by atoms with Gasteiger partial charge in [-0.1, -0.05) is 12.1 Å². The van der Waals surface area contributed by atoms with E-state index in [-0.39, 0.29) is 5.69 Å². The van der Waals surface area contributed by atoms with E-state index in [4.69, 9.17) is 4.74 Å². The van der Waals surface area contributed by atoms with Crippen molar-refractivity contribution in [3.8, 4) is 5.75 Å². The molecule has 0 unspecified atom stereocenters. The molecule has 8 heteroatoms. The summed E-state index contributed by atoms with van der Waals surface area (Å²) in [4.78, 5) is 23.6. The lowest BCUT2D eigenvalue weighted by Crippen LogP contribution is -2.29. The molecule has 0 radical (unpaired) electrons. The molecule has 0 atom stereocenters. The predicted molar refractivity (Wildman–Crippen MR) is 94.4 cm³/mol. The van der Waals surface area contributed by atoms with Gasteiger partial charge in [0.1, 0.15) is 12.2 Å². The quantitative estimate of drug-likeness (QED) is 0.724. The fourth-order valence-corrected chi connectivity index (χ4v) is 2.29. The summed E-state index contributed by atoms with van der Waals surface area (Å²) in [6.45, 7) is 0.360. The molecule has 2 amide bonds. The number of benzene rings is 2. The van der Waals surface area contributed by atoms with E-state index in [0.717, 1.165) is 35.6 Å². The monoisotopic (exact) mass is 380 g/mol. The van der Waals surface area contributed by atoms with Gasteiger partial charge in [0.2, 0.25) is 11.8 Å². The van der Waals surface area contributed by atoms with Crippen LogP contribution in [0.3, 0.4) is 0 Å². The fourth-order valence-electron chi connectivity index (χ4n) is 2.29. The zero-order chi connectivity index (χ0) is 19.9. The van der Waals surface area contributed by atoms with Crippen molar-refractivity contribution in [2.45, 2.75) is 19.0 Å². The lowest BCUT2D eigenvalue weighted by Gasteiger charge is -2.09. The molecule has 0 aliphatic carbocycles. The van der Waals surface area contributed by atoms with Crippen LogP contribution in [0.1, 0.15) is 17.5 Å². The molecule has 27 heavy (non-hydrogen) atoms. The van der Waals surface area contributed by atoms with Gasteiger partial charge in [-0.2, -0.15) is 13.2 Å². The molecular weight excluding hydrogens is 361 g/mol. The van der Waals surface area contributed by atoms with Crippen molar-refractivity contribution in [1.82, 2.24) is 5.32 Å². The van der Waals surface area contributed by atoms with Crippen LogP contribution in [0.5, 0.6) is 5.75 Å². The zero-order valence-electron chi connectivity index (χ0n) is 14.6. The topological polar surface area (TPSA) is 67.4 Å². The Morgan fingerprint density at radius 3 is 2.15 bits per heavy atom. The second-order valence-corrected chi connectivity index (χ2v) is 5.75.